The number of nitrogens with zero attached hydrogens (tertiary/aromatic N) is 6. The third-order valence-corrected chi connectivity index (χ3v) is 5.47. The Balaban J connectivity index is 1.68. The Labute approximate surface area is 182 Å². The van der Waals surface area contributed by atoms with Gasteiger partial charge in [-0.15, -0.1) is 0 Å². The molecule has 9 nitrogen and oxygen atoms in total. The Morgan fingerprint density at radius 3 is 2.59 bits per heavy atom. The van der Waals surface area contributed by atoms with Crippen molar-refractivity contribution in [2.24, 2.45) is 0 Å². The molecule has 4 aromatic rings. The molecule has 4 heterocycles. The minimum absolute atomic E-state index is 0.175. The van der Waals surface area contributed by atoms with Gasteiger partial charge in [-0.2, -0.15) is 10.2 Å². The lowest BCUT2D eigenvalue weighted by molar-refractivity contribution is -0.136. The molecule has 1 amide bonds. The van der Waals surface area contributed by atoms with Crippen LogP contribution < -0.4 is 5.56 Å². The molecular formula is C22H21FN6O3. The number of benzene rings is 1. The second-order valence-electron chi connectivity index (χ2n) is 7.57. The fourth-order valence-corrected chi connectivity index (χ4v) is 3.91. The number of amides is 1. The second kappa shape index (κ2) is 8.04. The largest absolute Gasteiger partial charge is 0.378 e. The molecule has 0 aliphatic carbocycles. The van der Waals surface area contributed by atoms with E-state index in [2.05, 4.69) is 10.2 Å². The maximum atomic E-state index is 13.9. The minimum Gasteiger partial charge on any atom is -0.378 e. The van der Waals surface area contributed by atoms with Crippen molar-refractivity contribution in [3.05, 3.63) is 70.7 Å². The van der Waals surface area contributed by atoms with Gasteiger partial charge in [0.05, 0.1) is 24.6 Å². The monoisotopic (exact) mass is 436 g/mol. The molecular weight excluding hydrogens is 415 g/mol. The standard InChI is InChI=1S/C22H21FN6O3/c1-15-20-19(22(31)28(24-15)14-18(30)26-9-11-32-12-10-26)21(27-7-2-3-8-27)29(25-20)17-6-4-5-16(23)13-17/h2-8,13H,9-12,14H2,1H3. The summed E-state index contributed by atoms with van der Waals surface area (Å²) in [5.74, 6) is -0.149. The predicted octanol–water partition coefficient (Wildman–Crippen LogP) is 1.68. The lowest BCUT2D eigenvalue weighted by Gasteiger charge is -2.26. The van der Waals surface area contributed by atoms with Crippen LogP contribution >= 0.6 is 0 Å². The molecule has 1 aliphatic heterocycles. The number of morpholine rings is 1. The Hall–Kier alpha value is -3.79. The van der Waals surface area contributed by atoms with E-state index < -0.39 is 11.4 Å². The first-order valence-corrected chi connectivity index (χ1v) is 10.3. The van der Waals surface area contributed by atoms with Gasteiger partial charge in [0.25, 0.3) is 5.56 Å². The van der Waals surface area contributed by atoms with Crippen LogP contribution in [0.3, 0.4) is 0 Å². The summed E-state index contributed by atoms with van der Waals surface area (Å²) in [6.07, 6.45) is 3.56. The first kappa shape index (κ1) is 20.1. The van der Waals surface area contributed by atoms with Crippen LogP contribution in [0.15, 0.2) is 53.6 Å². The topological polar surface area (TPSA) is 87.2 Å². The summed E-state index contributed by atoms with van der Waals surface area (Å²) in [5.41, 5.74) is 0.939. The highest BCUT2D eigenvalue weighted by atomic mass is 19.1. The van der Waals surface area contributed by atoms with Crippen molar-refractivity contribution >= 4 is 16.8 Å². The summed E-state index contributed by atoms with van der Waals surface area (Å²) in [5, 5.41) is 9.25. The van der Waals surface area contributed by atoms with Gasteiger partial charge in [-0.3, -0.25) is 9.59 Å². The first-order chi connectivity index (χ1) is 15.5. The molecule has 0 radical (unpaired) electrons. The van der Waals surface area contributed by atoms with E-state index in [1.54, 1.807) is 40.9 Å². The van der Waals surface area contributed by atoms with Crippen LogP contribution in [0.2, 0.25) is 0 Å². The maximum absolute atomic E-state index is 13.9. The Bertz CT molecular complexity index is 1350. The zero-order valence-electron chi connectivity index (χ0n) is 17.4. The minimum atomic E-state index is -0.432. The highest BCUT2D eigenvalue weighted by Crippen LogP contribution is 2.25. The molecule has 0 unspecified atom stereocenters. The average molecular weight is 436 g/mol. The molecule has 5 rings (SSSR count). The number of hydrogen-bond donors (Lipinski definition) is 0. The number of fused-ring (bicyclic) bond motifs is 1. The van der Waals surface area contributed by atoms with Crippen molar-refractivity contribution in [2.75, 3.05) is 26.3 Å². The number of hydrogen-bond acceptors (Lipinski definition) is 5. The number of aryl methyl sites for hydroxylation is 1. The molecule has 0 spiro atoms. The molecule has 1 aliphatic rings. The van der Waals surface area contributed by atoms with Crippen LogP contribution in [-0.4, -0.2) is 61.2 Å². The summed E-state index contributed by atoms with van der Waals surface area (Å²) >= 11 is 0. The smallest absolute Gasteiger partial charge is 0.280 e. The molecule has 1 fully saturated rings. The van der Waals surface area contributed by atoms with Gasteiger partial charge in [0, 0.05) is 25.5 Å². The predicted molar refractivity (Wildman–Crippen MR) is 115 cm³/mol. The first-order valence-electron chi connectivity index (χ1n) is 10.3. The quantitative estimate of drug-likeness (QED) is 0.486. The maximum Gasteiger partial charge on any atom is 0.280 e. The van der Waals surface area contributed by atoms with Gasteiger partial charge in [0.2, 0.25) is 5.91 Å². The van der Waals surface area contributed by atoms with E-state index in [-0.39, 0.29) is 12.5 Å². The zero-order valence-corrected chi connectivity index (χ0v) is 17.4. The zero-order chi connectivity index (χ0) is 22.2. The van der Waals surface area contributed by atoms with Gasteiger partial charge in [-0.1, -0.05) is 6.07 Å². The van der Waals surface area contributed by atoms with Crippen LogP contribution in [0.25, 0.3) is 22.4 Å². The molecule has 10 heteroatoms. The van der Waals surface area contributed by atoms with E-state index in [0.717, 1.165) is 0 Å². The summed E-state index contributed by atoms with van der Waals surface area (Å²) in [4.78, 5) is 27.9. The van der Waals surface area contributed by atoms with Crippen molar-refractivity contribution in [2.45, 2.75) is 13.5 Å². The Morgan fingerprint density at radius 1 is 1.12 bits per heavy atom. The van der Waals surface area contributed by atoms with Crippen molar-refractivity contribution in [3.8, 4) is 11.5 Å². The number of carbonyl (C=O) groups is 1. The number of carbonyl (C=O) groups excluding carboxylic acids is 1. The van der Waals surface area contributed by atoms with Crippen molar-refractivity contribution in [1.29, 1.82) is 0 Å². The third kappa shape index (κ3) is 3.48. The van der Waals surface area contributed by atoms with Gasteiger partial charge >= 0.3 is 0 Å². The van der Waals surface area contributed by atoms with Crippen LogP contribution in [0.4, 0.5) is 4.39 Å². The lowest BCUT2D eigenvalue weighted by atomic mass is 10.2. The number of ether oxygens (including phenoxy) is 1. The molecule has 0 saturated carbocycles. The van der Waals surface area contributed by atoms with E-state index in [9.17, 15) is 14.0 Å². The van der Waals surface area contributed by atoms with E-state index in [0.29, 0.717) is 54.4 Å². The number of halogens is 1. The number of rotatable bonds is 4. The molecule has 3 aromatic heterocycles. The van der Waals surface area contributed by atoms with Gasteiger partial charge in [-0.05, 0) is 37.3 Å². The summed E-state index contributed by atoms with van der Waals surface area (Å²) < 4.78 is 23.7. The van der Waals surface area contributed by atoms with Gasteiger partial charge in [-0.25, -0.2) is 13.8 Å². The van der Waals surface area contributed by atoms with Crippen LogP contribution in [0.5, 0.6) is 0 Å². The SMILES string of the molecule is Cc1nn(CC(=O)N2CCOCC2)c(=O)c2c(-n3cccc3)n(-c3cccc(F)c3)nc12. The van der Waals surface area contributed by atoms with Gasteiger partial charge in [0.15, 0.2) is 5.82 Å². The molecule has 164 valence electrons. The van der Waals surface area contributed by atoms with Crippen molar-refractivity contribution in [1.82, 2.24) is 29.0 Å². The normalized spacial score (nSPS) is 14.2. The van der Waals surface area contributed by atoms with E-state index in [1.165, 1.54) is 21.5 Å². The molecule has 0 atom stereocenters. The van der Waals surface area contributed by atoms with Crippen molar-refractivity contribution < 1.29 is 13.9 Å². The molecule has 0 N–H and O–H groups in total. The van der Waals surface area contributed by atoms with Gasteiger partial charge in [0.1, 0.15) is 23.3 Å². The molecule has 32 heavy (non-hydrogen) atoms. The van der Waals surface area contributed by atoms with Crippen molar-refractivity contribution in [3.63, 3.8) is 0 Å². The fourth-order valence-electron chi connectivity index (χ4n) is 3.91. The highest BCUT2D eigenvalue weighted by Gasteiger charge is 2.24. The average Bonchev–Trinajstić information content (AvgIpc) is 3.46. The van der Waals surface area contributed by atoms with E-state index >= 15 is 0 Å². The van der Waals surface area contributed by atoms with Crippen LogP contribution in [0, 0.1) is 12.7 Å². The Morgan fingerprint density at radius 2 is 1.88 bits per heavy atom. The Kier molecular flexibility index (Phi) is 5.06. The molecule has 1 aromatic carbocycles. The van der Waals surface area contributed by atoms with Crippen LogP contribution in [0.1, 0.15) is 5.69 Å². The summed E-state index contributed by atoms with van der Waals surface area (Å²) in [6.45, 7) is 3.49. The third-order valence-electron chi connectivity index (χ3n) is 5.47. The summed E-state index contributed by atoms with van der Waals surface area (Å²) in [6, 6.07) is 9.64. The van der Waals surface area contributed by atoms with Gasteiger partial charge < -0.3 is 14.2 Å². The molecule has 0 bridgehead atoms. The highest BCUT2D eigenvalue weighted by molar-refractivity contribution is 5.88. The number of aromatic nitrogens is 5. The second-order valence-corrected chi connectivity index (χ2v) is 7.57. The lowest BCUT2D eigenvalue weighted by Crippen LogP contribution is -2.43. The van der Waals surface area contributed by atoms with E-state index in [4.69, 9.17) is 4.74 Å². The fraction of sp³-hybridized carbons (Fsp3) is 0.273. The van der Waals surface area contributed by atoms with Crippen LogP contribution in [-0.2, 0) is 16.1 Å². The summed E-state index contributed by atoms with van der Waals surface area (Å²) in [7, 11) is 0. The molecule has 1 saturated heterocycles. The van der Waals surface area contributed by atoms with E-state index in [1.807, 2.05) is 12.1 Å².